The van der Waals surface area contributed by atoms with E-state index in [1.54, 1.807) is 42.5 Å². The van der Waals surface area contributed by atoms with Crippen molar-refractivity contribution in [1.29, 1.82) is 0 Å². The van der Waals surface area contributed by atoms with E-state index in [1.807, 2.05) is 0 Å². The summed E-state index contributed by atoms with van der Waals surface area (Å²) in [5.74, 6) is 0.250. The molecule has 1 aromatic heterocycles. The number of aromatic nitrogens is 2. The average Bonchev–Trinajstić information content (AvgIpc) is 3.02. The Kier molecular flexibility index (Phi) is 5.04. The monoisotopic (exact) mass is 381 g/mol. The van der Waals surface area contributed by atoms with Gasteiger partial charge in [-0.1, -0.05) is 46.0 Å². The van der Waals surface area contributed by atoms with Crippen LogP contribution in [0.3, 0.4) is 0 Å². The van der Waals surface area contributed by atoms with Crippen LogP contribution in [-0.2, 0) is 6.54 Å². The summed E-state index contributed by atoms with van der Waals surface area (Å²) in [5, 5.41) is 7.67. The molecule has 3 rings (SSSR count). The number of nitrogens with one attached hydrogen (secondary N) is 1. The molecule has 1 amide bonds. The van der Waals surface area contributed by atoms with E-state index in [9.17, 15) is 4.79 Å². The molecule has 0 fully saturated rings. The minimum Gasteiger partial charge on any atom is -0.343 e. The van der Waals surface area contributed by atoms with Crippen molar-refractivity contribution in [1.82, 2.24) is 15.5 Å². The summed E-state index contributed by atoms with van der Waals surface area (Å²) in [5.41, 5.74) is 0.966. The second kappa shape index (κ2) is 7.21. The third-order valence-electron chi connectivity index (χ3n) is 3.16. The van der Waals surface area contributed by atoms with Crippen LogP contribution in [0.1, 0.15) is 16.2 Å². The van der Waals surface area contributed by atoms with E-state index in [-0.39, 0.29) is 28.0 Å². The fraction of sp³-hybridized carbons (Fsp3) is 0.0625. The van der Waals surface area contributed by atoms with Gasteiger partial charge in [-0.05, 0) is 36.4 Å². The summed E-state index contributed by atoms with van der Waals surface area (Å²) < 4.78 is 5.12. The van der Waals surface area contributed by atoms with Gasteiger partial charge in [-0.15, -0.1) is 0 Å². The van der Waals surface area contributed by atoms with Gasteiger partial charge in [0.15, 0.2) is 0 Å². The topological polar surface area (TPSA) is 68.0 Å². The third-order valence-corrected chi connectivity index (χ3v) is 4.04. The molecule has 8 heteroatoms. The Morgan fingerprint density at radius 3 is 2.38 bits per heavy atom. The van der Waals surface area contributed by atoms with E-state index in [0.717, 1.165) is 5.56 Å². The van der Waals surface area contributed by atoms with E-state index < -0.39 is 5.91 Å². The number of carbonyl (C=O) groups is 1. The van der Waals surface area contributed by atoms with Crippen LogP contribution in [0, 0.1) is 0 Å². The smallest absolute Gasteiger partial charge is 0.254 e. The van der Waals surface area contributed by atoms with Gasteiger partial charge in [-0.25, -0.2) is 0 Å². The zero-order valence-electron chi connectivity index (χ0n) is 12.1. The molecule has 0 aliphatic carbocycles. The van der Waals surface area contributed by atoms with E-state index >= 15 is 0 Å². The maximum atomic E-state index is 12.2. The molecule has 0 spiro atoms. The molecule has 2 aromatic carbocycles. The Bertz CT molecular complexity index is 858. The molecule has 5 nitrogen and oxygen atoms in total. The normalized spacial score (nSPS) is 10.6. The number of benzene rings is 2. The molecular weight excluding hydrogens is 373 g/mol. The Balaban J connectivity index is 1.69. The molecule has 0 unspecified atom stereocenters. The minimum atomic E-state index is -0.420. The van der Waals surface area contributed by atoms with Crippen molar-refractivity contribution < 1.29 is 9.32 Å². The van der Waals surface area contributed by atoms with Gasteiger partial charge in [0.2, 0.25) is 11.7 Å². The van der Waals surface area contributed by atoms with Crippen molar-refractivity contribution >= 4 is 40.7 Å². The lowest BCUT2D eigenvalue weighted by Crippen LogP contribution is -2.23. The van der Waals surface area contributed by atoms with Crippen molar-refractivity contribution in [2.24, 2.45) is 0 Å². The van der Waals surface area contributed by atoms with Gasteiger partial charge in [0.05, 0.1) is 22.2 Å². The number of halogens is 3. The zero-order valence-corrected chi connectivity index (χ0v) is 14.4. The minimum absolute atomic E-state index is 0.0565. The molecule has 1 N–H and O–H groups in total. The highest BCUT2D eigenvalue weighted by molar-refractivity contribution is 6.39. The maximum absolute atomic E-state index is 12.2. The van der Waals surface area contributed by atoms with Gasteiger partial charge in [0.25, 0.3) is 5.91 Å². The Hall–Kier alpha value is -2.08. The molecule has 0 saturated carbocycles. The van der Waals surface area contributed by atoms with Gasteiger partial charge < -0.3 is 9.84 Å². The number of hydrogen-bond acceptors (Lipinski definition) is 4. The van der Waals surface area contributed by atoms with Crippen molar-refractivity contribution in [3.63, 3.8) is 0 Å². The quantitative estimate of drug-likeness (QED) is 0.714. The van der Waals surface area contributed by atoms with Gasteiger partial charge in [-0.2, -0.15) is 4.98 Å². The average molecular weight is 383 g/mol. The summed E-state index contributed by atoms with van der Waals surface area (Å²) in [6.07, 6.45) is 0. The predicted molar refractivity (Wildman–Crippen MR) is 92.4 cm³/mol. The zero-order chi connectivity index (χ0) is 17.1. The lowest BCUT2D eigenvalue weighted by Gasteiger charge is -2.06. The molecule has 0 aliphatic rings. The first kappa shape index (κ1) is 16.8. The van der Waals surface area contributed by atoms with Crippen LogP contribution in [-0.4, -0.2) is 16.0 Å². The number of rotatable bonds is 4. The number of carbonyl (C=O) groups excluding carboxylic acids is 1. The highest BCUT2D eigenvalue weighted by Crippen LogP contribution is 2.24. The first-order valence-corrected chi connectivity index (χ1v) is 7.98. The largest absolute Gasteiger partial charge is 0.343 e. The van der Waals surface area contributed by atoms with Crippen LogP contribution in [0.15, 0.2) is 47.0 Å². The van der Waals surface area contributed by atoms with Crippen LogP contribution in [0.4, 0.5) is 0 Å². The SMILES string of the molecule is O=C(NCc1nc(-c2ccc(Cl)cc2)no1)c1c(Cl)cccc1Cl. The summed E-state index contributed by atoms with van der Waals surface area (Å²) >= 11 is 17.8. The second-order valence-electron chi connectivity index (χ2n) is 4.80. The van der Waals surface area contributed by atoms with Gasteiger partial charge >= 0.3 is 0 Å². The summed E-state index contributed by atoms with van der Waals surface area (Å²) in [4.78, 5) is 16.4. The maximum Gasteiger partial charge on any atom is 0.254 e. The van der Waals surface area contributed by atoms with E-state index in [1.165, 1.54) is 0 Å². The van der Waals surface area contributed by atoms with Crippen molar-refractivity contribution in [2.45, 2.75) is 6.54 Å². The van der Waals surface area contributed by atoms with E-state index in [0.29, 0.717) is 10.8 Å². The van der Waals surface area contributed by atoms with E-state index in [4.69, 9.17) is 39.3 Å². The molecule has 0 saturated heterocycles. The van der Waals surface area contributed by atoms with Gasteiger partial charge in [0.1, 0.15) is 0 Å². The standard InChI is InChI=1S/C16H10Cl3N3O2/c17-10-6-4-9(5-7-10)15-21-13(24-22-15)8-20-16(23)14-11(18)2-1-3-12(14)19/h1-7H,8H2,(H,20,23). The highest BCUT2D eigenvalue weighted by atomic mass is 35.5. The van der Waals surface area contributed by atoms with Gasteiger partial charge in [0, 0.05) is 10.6 Å². The van der Waals surface area contributed by atoms with Crippen LogP contribution in [0.25, 0.3) is 11.4 Å². The molecular formula is C16H10Cl3N3O2. The Morgan fingerprint density at radius 2 is 1.71 bits per heavy atom. The van der Waals surface area contributed by atoms with Crippen LogP contribution in [0.5, 0.6) is 0 Å². The van der Waals surface area contributed by atoms with Gasteiger partial charge in [-0.3, -0.25) is 4.79 Å². The number of nitrogens with zero attached hydrogens (tertiary/aromatic N) is 2. The molecule has 0 radical (unpaired) electrons. The molecule has 3 aromatic rings. The van der Waals surface area contributed by atoms with Crippen LogP contribution in [0.2, 0.25) is 15.1 Å². The molecule has 0 bridgehead atoms. The summed E-state index contributed by atoms with van der Waals surface area (Å²) in [6, 6.07) is 11.9. The first-order chi connectivity index (χ1) is 11.5. The molecule has 0 aliphatic heterocycles. The molecule has 1 heterocycles. The number of amides is 1. The van der Waals surface area contributed by atoms with Crippen molar-refractivity contribution in [3.8, 4) is 11.4 Å². The van der Waals surface area contributed by atoms with E-state index in [2.05, 4.69) is 15.5 Å². The fourth-order valence-electron chi connectivity index (χ4n) is 2.00. The molecule has 0 atom stereocenters. The van der Waals surface area contributed by atoms with Crippen LogP contribution >= 0.6 is 34.8 Å². The summed E-state index contributed by atoms with van der Waals surface area (Å²) in [6.45, 7) is 0.0565. The predicted octanol–water partition coefficient (Wildman–Crippen LogP) is 4.63. The van der Waals surface area contributed by atoms with Crippen molar-refractivity contribution in [2.75, 3.05) is 0 Å². The molecule has 24 heavy (non-hydrogen) atoms. The van der Waals surface area contributed by atoms with Crippen LogP contribution < -0.4 is 5.32 Å². The number of hydrogen-bond donors (Lipinski definition) is 1. The third kappa shape index (κ3) is 3.70. The fourth-order valence-corrected chi connectivity index (χ4v) is 2.70. The Labute approximate surface area is 152 Å². The summed E-state index contributed by atoms with van der Waals surface area (Å²) in [7, 11) is 0. The first-order valence-electron chi connectivity index (χ1n) is 6.85. The second-order valence-corrected chi connectivity index (χ2v) is 6.05. The highest BCUT2D eigenvalue weighted by Gasteiger charge is 2.16. The van der Waals surface area contributed by atoms with Crippen molar-refractivity contribution in [3.05, 3.63) is 69.0 Å². The lowest BCUT2D eigenvalue weighted by atomic mass is 10.2. The molecule has 122 valence electrons. The lowest BCUT2D eigenvalue weighted by molar-refractivity contribution is 0.0946. The Morgan fingerprint density at radius 1 is 1.04 bits per heavy atom.